The lowest BCUT2D eigenvalue weighted by molar-refractivity contribution is -0.107. The fraction of sp³-hybridized carbons (Fsp3) is 0.0667. The Balaban J connectivity index is 2.13. The van der Waals surface area contributed by atoms with Gasteiger partial charge in [0.25, 0.3) is 0 Å². The van der Waals surface area contributed by atoms with Gasteiger partial charge in [-0.05, 0) is 29.8 Å². The van der Waals surface area contributed by atoms with Crippen LogP contribution in [0.15, 0.2) is 54.7 Å². The van der Waals surface area contributed by atoms with Crippen LogP contribution in [0.2, 0.25) is 0 Å². The molecule has 0 unspecified atom stereocenters. The molecule has 0 saturated heterocycles. The molecule has 1 heterocycles. The Morgan fingerprint density at radius 2 is 1.94 bits per heavy atom. The van der Waals surface area contributed by atoms with E-state index in [-0.39, 0.29) is 0 Å². The minimum Gasteiger partial charge on any atom is -0.303 e. The summed E-state index contributed by atoms with van der Waals surface area (Å²) in [5, 5.41) is 5.45. The van der Waals surface area contributed by atoms with Crippen LogP contribution in [0.5, 0.6) is 0 Å². The smallest absolute Gasteiger partial charge is 0.124 e. The van der Waals surface area contributed by atoms with Gasteiger partial charge in [0.1, 0.15) is 6.29 Å². The summed E-state index contributed by atoms with van der Waals surface area (Å²) < 4.78 is 1.90. The Labute approximate surface area is 105 Å². The third kappa shape index (κ3) is 1.80. The van der Waals surface area contributed by atoms with E-state index in [0.717, 1.165) is 28.4 Å². The van der Waals surface area contributed by atoms with Crippen molar-refractivity contribution in [3.63, 3.8) is 0 Å². The van der Waals surface area contributed by atoms with E-state index in [1.807, 2.05) is 59.4 Å². The summed E-state index contributed by atoms with van der Waals surface area (Å²) in [6.07, 6.45) is 3.20. The summed E-state index contributed by atoms with van der Waals surface area (Å²) in [6, 6.07) is 16.0. The van der Waals surface area contributed by atoms with Gasteiger partial charge in [-0.15, -0.1) is 0 Å². The van der Waals surface area contributed by atoms with Gasteiger partial charge >= 0.3 is 0 Å². The number of aldehydes is 1. The predicted molar refractivity (Wildman–Crippen MR) is 70.8 cm³/mol. The molecular weight excluding hydrogens is 224 g/mol. The van der Waals surface area contributed by atoms with Crippen molar-refractivity contribution in [3.8, 4) is 5.69 Å². The quantitative estimate of drug-likeness (QED) is 0.655. The van der Waals surface area contributed by atoms with Crippen molar-refractivity contribution in [1.82, 2.24) is 9.78 Å². The van der Waals surface area contributed by atoms with Crippen LogP contribution in [0.25, 0.3) is 16.6 Å². The highest BCUT2D eigenvalue weighted by atomic mass is 16.1. The van der Waals surface area contributed by atoms with Gasteiger partial charge in [0.2, 0.25) is 0 Å². The van der Waals surface area contributed by atoms with E-state index in [1.165, 1.54) is 0 Å². The Morgan fingerprint density at radius 3 is 2.72 bits per heavy atom. The number of nitrogens with zero attached hydrogens (tertiary/aromatic N) is 2. The minimum absolute atomic E-state index is 0.451. The average Bonchev–Trinajstić information content (AvgIpc) is 2.83. The van der Waals surface area contributed by atoms with E-state index in [1.54, 1.807) is 0 Å². The van der Waals surface area contributed by atoms with Crippen LogP contribution in [0.4, 0.5) is 0 Å². The number of rotatable bonds is 3. The van der Waals surface area contributed by atoms with E-state index in [2.05, 4.69) is 5.10 Å². The van der Waals surface area contributed by atoms with Crippen LogP contribution in [-0.4, -0.2) is 16.1 Å². The molecule has 0 atom stereocenters. The molecule has 0 amide bonds. The summed E-state index contributed by atoms with van der Waals surface area (Å²) in [6.45, 7) is 0. The molecule has 0 spiro atoms. The average molecular weight is 236 g/mol. The Morgan fingerprint density at radius 1 is 1.11 bits per heavy atom. The standard InChI is InChI=1S/C15H12N2O/c18-9-8-12-6-7-15-13(10-12)11-16-17(15)14-4-2-1-3-5-14/h1-7,9-11H,8H2. The first-order valence-electron chi connectivity index (χ1n) is 5.84. The van der Waals surface area contributed by atoms with Crippen molar-refractivity contribution < 1.29 is 4.79 Å². The number of benzene rings is 2. The number of carbonyl (C=O) groups excluding carboxylic acids is 1. The number of aromatic nitrogens is 2. The Bertz CT molecular complexity index is 686. The molecule has 0 bridgehead atoms. The van der Waals surface area contributed by atoms with Gasteiger partial charge in [0.05, 0.1) is 17.4 Å². The molecule has 88 valence electrons. The summed E-state index contributed by atoms with van der Waals surface area (Å²) in [5.74, 6) is 0. The van der Waals surface area contributed by atoms with Gasteiger partial charge in [-0.2, -0.15) is 5.10 Å². The lowest BCUT2D eigenvalue weighted by atomic mass is 10.1. The second-order valence-corrected chi connectivity index (χ2v) is 4.16. The Kier molecular flexibility index (Phi) is 2.65. The summed E-state index contributed by atoms with van der Waals surface area (Å²) >= 11 is 0. The highest BCUT2D eigenvalue weighted by molar-refractivity contribution is 5.81. The van der Waals surface area contributed by atoms with E-state index >= 15 is 0 Å². The number of carbonyl (C=O) groups is 1. The lowest BCUT2D eigenvalue weighted by Crippen LogP contribution is -1.95. The highest BCUT2D eigenvalue weighted by Crippen LogP contribution is 2.19. The topological polar surface area (TPSA) is 34.9 Å². The predicted octanol–water partition coefficient (Wildman–Crippen LogP) is 2.77. The molecule has 0 aliphatic carbocycles. The maximum absolute atomic E-state index is 10.5. The van der Waals surface area contributed by atoms with Crippen LogP contribution < -0.4 is 0 Å². The van der Waals surface area contributed by atoms with Crippen LogP contribution in [-0.2, 0) is 11.2 Å². The molecule has 3 rings (SSSR count). The first-order chi connectivity index (χ1) is 8.88. The fourth-order valence-corrected chi connectivity index (χ4v) is 2.08. The molecule has 0 aliphatic rings. The van der Waals surface area contributed by atoms with E-state index in [9.17, 15) is 4.79 Å². The minimum atomic E-state index is 0.451. The molecule has 0 radical (unpaired) electrons. The molecule has 0 aliphatic heterocycles. The summed E-state index contributed by atoms with van der Waals surface area (Å²) in [5.41, 5.74) is 3.11. The van der Waals surface area contributed by atoms with Crippen LogP contribution in [0, 0.1) is 0 Å². The maximum atomic E-state index is 10.5. The summed E-state index contributed by atoms with van der Waals surface area (Å²) in [4.78, 5) is 10.5. The summed E-state index contributed by atoms with van der Waals surface area (Å²) in [7, 11) is 0. The molecule has 18 heavy (non-hydrogen) atoms. The van der Waals surface area contributed by atoms with Crippen molar-refractivity contribution >= 4 is 17.2 Å². The monoisotopic (exact) mass is 236 g/mol. The van der Waals surface area contributed by atoms with E-state index in [4.69, 9.17) is 0 Å². The molecular formula is C15H12N2O. The zero-order valence-electron chi connectivity index (χ0n) is 9.78. The van der Waals surface area contributed by atoms with Gasteiger partial charge in [0.15, 0.2) is 0 Å². The maximum Gasteiger partial charge on any atom is 0.124 e. The lowest BCUT2D eigenvalue weighted by Gasteiger charge is -2.03. The van der Waals surface area contributed by atoms with Crippen molar-refractivity contribution in [1.29, 1.82) is 0 Å². The number of hydrogen-bond acceptors (Lipinski definition) is 2. The van der Waals surface area contributed by atoms with Crippen LogP contribution >= 0.6 is 0 Å². The fourth-order valence-electron chi connectivity index (χ4n) is 2.08. The molecule has 3 nitrogen and oxygen atoms in total. The number of para-hydroxylation sites is 1. The molecule has 0 saturated carbocycles. The Hall–Kier alpha value is -2.42. The van der Waals surface area contributed by atoms with Crippen molar-refractivity contribution in [3.05, 3.63) is 60.3 Å². The second-order valence-electron chi connectivity index (χ2n) is 4.16. The van der Waals surface area contributed by atoms with Gasteiger partial charge < -0.3 is 4.79 Å². The van der Waals surface area contributed by atoms with Crippen molar-refractivity contribution in [2.24, 2.45) is 0 Å². The van der Waals surface area contributed by atoms with Crippen molar-refractivity contribution in [2.45, 2.75) is 6.42 Å². The van der Waals surface area contributed by atoms with Crippen LogP contribution in [0.3, 0.4) is 0 Å². The van der Waals surface area contributed by atoms with Gasteiger partial charge in [-0.3, -0.25) is 0 Å². The molecule has 1 aromatic heterocycles. The van der Waals surface area contributed by atoms with Crippen molar-refractivity contribution in [2.75, 3.05) is 0 Å². The zero-order valence-corrected chi connectivity index (χ0v) is 9.78. The molecule has 2 aromatic carbocycles. The second kappa shape index (κ2) is 4.45. The third-order valence-corrected chi connectivity index (χ3v) is 2.95. The first kappa shape index (κ1) is 10.7. The SMILES string of the molecule is O=CCc1ccc2c(cnn2-c2ccccc2)c1. The zero-order chi connectivity index (χ0) is 12.4. The van der Waals surface area contributed by atoms with E-state index in [0.29, 0.717) is 6.42 Å². The van der Waals surface area contributed by atoms with E-state index < -0.39 is 0 Å². The molecule has 3 aromatic rings. The molecule has 0 fully saturated rings. The molecule has 3 heteroatoms. The largest absolute Gasteiger partial charge is 0.303 e. The first-order valence-corrected chi connectivity index (χ1v) is 5.84. The number of hydrogen-bond donors (Lipinski definition) is 0. The third-order valence-electron chi connectivity index (χ3n) is 2.95. The normalized spacial score (nSPS) is 10.7. The van der Waals surface area contributed by atoms with Gasteiger partial charge in [-0.25, -0.2) is 4.68 Å². The highest BCUT2D eigenvalue weighted by Gasteiger charge is 2.04. The molecule has 0 N–H and O–H groups in total. The van der Waals surface area contributed by atoms with Gasteiger partial charge in [0, 0.05) is 11.8 Å². The van der Waals surface area contributed by atoms with Gasteiger partial charge in [-0.1, -0.05) is 24.3 Å². The van der Waals surface area contributed by atoms with Crippen LogP contribution in [0.1, 0.15) is 5.56 Å². The number of fused-ring (bicyclic) bond motifs is 1.